The summed E-state index contributed by atoms with van der Waals surface area (Å²) in [6.45, 7) is 7.64. The molecular weight excluding hydrogens is 220 g/mol. The fraction of sp³-hybridized carbons (Fsp3) is 0.500. The van der Waals surface area contributed by atoms with Crippen LogP contribution >= 0.6 is 0 Å². The third kappa shape index (κ3) is 1.76. The molecule has 96 valence electrons. The third-order valence-electron chi connectivity index (χ3n) is 4.09. The molecule has 2 N–H and O–H groups in total. The average Bonchev–Trinajstić information content (AvgIpc) is 2.69. The Morgan fingerprint density at radius 3 is 2.94 bits per heavy atom. The minimum absolute atomic E-state index is 0.536. The molecular formula is C16H22N2. The highest BCUT2D eigenvalue weighted by atomic mass is 14.9. The molecule has 1 aromatic heterocycles. The molecule has 0 radical (unpaired) electrons. The Hall–Kier alpha value is -1.28. The van der Waals surface area contributed by atoms with E-state index < -0.39 is 0 Å². The van der Waals surface area contributed by atoms with Gasteiger partial charge in [0.1, 0.15) is 0 Å². The third-order valence-corrected chi connectivity index (χ3v) is 4.09. The summed E-state index contributed by atoms with van der Waals surface area (Å²) in [4.78, 5) is 3.66. The van der Waals surface area contributed by atoms with Gasteiger partial charge in [-0.15, -0.1) is 0 Å². The molecule has 18 heavy (non-hydrogen) atoms. The summed E-state index contributed by atoms with van der Waals surface area (Å²) < 4.78 is 0. The first kappa shape index (κ1) is 11.8. The van der Waals surface area contributed by atoms with Gasteiger partial charge in [-0.05, 0) is 56.8 Å². The van der Waals surface area contributed by atoms with Crippen molar-refractivity contribution in [3.63, 3.8) is 0 Å². The maximum atomic E-state index is 3.66. The van der Waals surface area contributed by atoms with Crippen molar-refractivity contribution in [2.75, 3.05) is 6.54 Å². The quantitative estimate of drug-likeness (QED) is 0.824. The number of hydrogen-bond donors (Lipinski definition) is 2. The highest BCUT2D eigenvalue weighted by molar-refractivity contribution is 5.88. The maximum absolute atomic E-state index is 3.66. The Morgan fingerprint density at radius 1 is 1.33 bits per heavy atom. The van der Waals surface area contributed by atoms with Gasteiger partial charge in [0, 0.05) is 22.6 Å². The molecule has 1 atom stereocenters. The molecule has 1 aliphatic rings. The number of fused-ring (bicyclic) bond motifs is 3. The fourth-order valence-electron chi connectivity index (χ4n) is 3.40. The van der Waals surface area contributed by atoms with Gasteiger partial charge in [-0.25, -0.2) is 0 Å². The van der Waals surface area contributed by atoms with Gasteiger partial charge in [0.15, 0.2) is 0 Å². The molecule has 1 unspecified atom stereocenters. The first-order valence-corrected chi connectivity index (χ1v) is 7.05. The maximum Gasteiger partial charge on any atom is 0.0489 e. The van der Waals surface area contributed by atoms with E-state index >= 15 is 0 Å². The second kappa shape index (κ2) is 4.43. The monoisotopic (exact) mass is 242 g/mol. The molecule has 0 saturated heterocycles. The number of hydrogen-bond acceptors (Lipinski definition) is 1. The van der Waals surface area contributed by atoms with E-state index in [2.05, 4.69) is 43.2 Å². The predicted molar refractivity (Wildman–Crippen MR) is 77.1 cm³/mol. The van der Waals surface area contributed by atoms with Crippen molar-refractivity contribution in [2.45, 2.75) is 46.1 Å². The minimum Gasteiger partial charge on any atom is -0.358 e. The van der Waals surface area contributed by atoms with Crippen molar-refractivity contribution in [2.24, 2.45) is 0 Å². The molecule has 0 spiro atoms. The molecule has 1 aliphatic carbocycles. The van der Waals surface area contributed by atoms with Crippen LogP contribution in [0.3, 0.4) is 0 Å². The van der Waals surface area contributed by atoms with Crippen molar-refractivity contribution >= 4 is 10.9 Å². The van der Waals surface area contributed by atoms with Crippen molar-refractivity contribution in [1.82, 2.24) is 10.3 Å². The topological polar surface area (TPSA) is 27.8 Å². The molecule has 0 amide bonds. The van der Waals surface area contributed by atoms with Crippen molar-refractivity contribution in [3.8, 4) is 0 Å². The van der Waals surface area contributed by atoms with E-state index in [0.29, 0.717) is 6.04 Å². The average molecular weight is 242 g/mol. The SMILES string of the molecule is CCNC1CCCc2[nH]c3c(C)cc(C)cc3c21. The lowest BCUT2D eigenvalue weighted by atomic mass is 9.90. The number of aromatic nitrogens is 1. The summed E-state index contributed by atoms with van der Waals surface area (Å²) in [5.74, 6) is 0. The molecule has 2 heteroatoms. The van der Waals surface area contributed by atoms with Crippen molar-refractivity contribution in [1.29, 1.82) is 0 Å². The van der Waals surface area contributed by atoms with Crippen molar-refractivity contribution in [3.05, 3.63) is 34.5 Å². The Kier molecular flexibility index (Phi) is 2.90. The van der Waals surface area contributed by atoms with Gasteiger partial charge in [-0.2, -0.15) is 0 Å². The van der Waals surface area contributed by atoms with E-state index in [1.54, 1.807) is 0 Å². The van der Waals surface area contributed by atoms with E-state index in [4.69, 9.17) is 0 Å². The van der Waals surface area contributed by atoms with Gasteiger partial charge in [0.2, 0.25) is 0 Å². The van der Waals surface area contributed by atoms with E-state index in [-0.39, 0.29) is 0 Å². The molecule has 0 saturated carbocycles. The lowest BCUT2D eigenvalue weighted by Crippen LogP contribution is -2.24. The standard InChI is InChI=1S/C16H22N2/c1-4-17-13-6-5-7-14-15(13)12-9-10(2)8-11(3)16(12)18-14/h8-9,13,17-18H,4-7H2,1-3H3. The van der Waals surface area contributed by atoms with Crippen LogP contribution in [-0.2, 0) is 6.42 Å². The highest BCUT2D eigenvalue weighted by Crippen LogP contribution is 2.37. The van der Waals surface area contributed by atoms with Crippen LogP contribution in [0.25, 0.3) is 10.9 Å². The fourth-order valence-corrected chi connectivity index (χ4v) is 3.40. The van der Waals surface area contributed by atoms with Gasteiger partial charge < -0.3 is 10.3 Å². The molecule has 1 aromatic carbocycles. The zero-order valence-corrected chi connectivity index (χ0v) is 11.6. The Bertz CT molecular complexity index is 580. The van der Waals surface area contributed by atoms with E-state index in [9.17, 15) is 0 Å². The number of nitrogens with one attached hydrogen (secondary N) is 2. The first-order chi connectivity index (χ1) is 8.70. The lowest BCUT2D eigenvalue weighted by Gasteiger charge is -2.23. The van der Waals surface area contributed by atoms with Gasteiger partial charge >= 0.3 is 0 Å². The van der Waals surface area contributed by atoms with E-state index in [1.165, 1.54) is 52.5 Å². The van der Waals surface area contributed by atoms with Crippen LogP contribution in [0.5, 0.6) is 0 Å². The smallest absolute Gasteiger partial charge is 0.0489 e. The van der Waals surface area contributed by atoms with E-state index in [1.807, 2.05) is 0 Å². The normalized spacial score (nSPS) is 19.2. The van der Waals surface area contributed by atoms with Gasteiger partial charge in [-0.3, -0.25) is 0 Å². The highest BCUT2D eigenvalue weighted by Gasteiger charge is 2.24. The molecule has 2 nitrogen and oxygen atoms in total. The summed E-state index contributed by atoms with van der Waals surface area (Å²) in [5, 5.41) is 5.08. The number of aryl methyl sites for hydroxylation is 3. The van der Waals surface area contributed by atoms with Crippen LogP contribution in [0.15, 0.2) is 12.1 Å². The Morgan fingerprint density at radius 2 is 2.17 bits per heavy atom. The van der Waals surface area contributed by atoms with Crippen LogP contribution in [0, 0.1) is 13.8 Å². The first-order valence-electron chi connectivity index (χ1n) is 7.05. The van der Waals surface area contributed by atoms with Crippen LogP contribution in [0.2, 0.25) is 0 Å². The summed E-state index contributed by atoms with van der Waals surface area (Å²) in [7, 11) is 0. The van der Waals surface area contributed by atoms with Crippen LogP contribution in [0.1, 0.15) is 48.2 Å². The molecule has 0 bridgehead atoms. The molecule has 0 fully saturated rings. The summed E-state index contributed by atoms with van der Waals surface area (Å²) in [6.07, 6.45) is 3.75. The molecule has 3 rings (SSSR count). The number of H-pyrrole nitrogens is 1. The number of aromatic amines is 1. The van der Waals surface area contributed by atoms with Gasteiger partial charge in [0.05, 0.1) is 0 Å². The second-order valence-electron chi connectivity index (χ2n) is 5.52. The number of rotatable bonds is 2. The zero-order chi connectivity index (χ0) is 12.7. The number of benzene rings is 1. The second-order valence-corrected chi connectivity index (χ2v) is 5.52. The van der Waals surface area contributed by atoms with Gasteiger partial charge in [-0.1, -0.05) is 18.6 Å². The van der Waals surface area contributed by atoms with Crippen LogP contribution in [-0.4, -0.2) is 11.5 Å². The Balaban J connectivity index is 2.23. The lowest BCUT2D eigenvalue weighted by molar-refractivity contribution is 0.473. The molecule has 0 aliphatic heterocycles. The van der Waals surface area contributed by atoms with Gasteiger partial charge in [0.25, 0.3) is 0 Å². The molecule has 2 aromatic rings. The molecule has 1 heterocycles. The Labute approximate surface area is 109 Å². The predicted octanol–water partition coefficient (Wildman–Crippen LogP) is 3.77. The minimum atomic E-state index is 0.536. The van der Waals surface area contributed by atoms with E-state index in [0.717, 1.165) is 6.54 Å². The zero-order valence-electron chi connectivity index (χ0n) is 11.6. The largest absolute Gasteiger partial charge is 0.358 e. The summed E-state index contributed by atoms with van der Waals surface area (Å²) in [6, 6.07) is 5.15. The van der Waals surface area contributed by atoms with Crippen LogP contribution in [0.4, 0.5) is 0 Å². The van der Waals surface area contributed by atoms with Crippen LogP contribution < -0.4 is 5.32 Å². The summed E-state index contributed by atoms with van der Waals surface area (Å²) >= 11 is 0. The summed E-state index contributed by atoms with van der Waals surface area (Å²) in [5.41, 5.74) is 7.06. The van der Waals surface area contributed by atoms with Crippen molar-refractivity contribution < 1.29 is 0 Å².